The van der Waals surface area contributed by atoms with Crippen molar-refractivity contribution >= 4 is 77.9 Å². The number of aromatic nitrogens is 4. The minimum Gasteiger partial charge on any atom is -0.478 e. The maximum atomic E-state index is 12.6. The molecule has 0 bridgehead atoms. The predicted octanol–water partition coefficient (Wildman–Crippen LogP) is 5.46. The van der Waals surface area contributed by atoms with Crippen LogP contribution in [-0.2, 0) is 37.4 Å². The van der Waals surface area contributed by atoms with Gasteiger partial charge in [-0.15, -0.1) is 11.4 Å². The smallest absolute Gasteiger partial charge is 0.478 e. The quantitative estimate of drug-likeness (QED) is 0.0984. The molecule has 0 atom stereocenters. The molecular weight excluding hydrogens is 895 g/mol. The average Bonchev–Trinajstić information content (AvgIpc) is 3.60. The van der Waals surface area contributed by atoms with Gasteiger partial charge in [0.05, 0.1) is 43.7 Å². The molecule has 0 aliphatic rings. The van der Waals surface area contributed by atoms with E-state index in [1.165, 1.54) is 0 Å². The van der Waals surface area contributed by atoms with Crippen molar-refractivity contribution in [2.45, 2.75) is 23.6 Å². The van der Waals surface area contributed by atoms with Crippen LogP contribution in [0, 0.1) is 13.8 Å². The van der Waals surface area contributed by atoms with Gasteiger partial charge in [-0.3, -0.25) is 0 Å². The van der Waals surface area contributed by atoms with Crippen LogP contribution in [0.3, 0.4) is 0 Å². The number of benzene rings is 4. The number of sulfonamides is 2. The molecule has 6 aromatic rings. The number of nitrogens with two attached hydrogens (primary N) is 2. The number of carboxylic acids is 2. The number of nitrogens with zero attached hydrogens (tertiary/aromatic N) is 8. The minimum atomic E-state index is -4.10. The number of rotatable bonds is 10. The molecule has 0 amide bonds. The van der Waals surface area contributed by atoms with Gasteiger partial charge in [0.1, 0.15) is 11.1 Å². The predicted molar refractivity (Wildman–Crippen MR) is 209 cm³/mol. The topological polar surface area (TPSA) is 314 Å². The van der Waals surface area contributed by atoms with E-state index >= 15 is 0 Å². The van der Waals surface area contributed by atoms with Gasteiger partial charge in [0.25, 0.3) is 0 Å². The molecule has 25 heteroatoms. The molecule has 0 saturated carbocycles. The molecule has 4 aromatic carbocycles. The van der Waals surface area contributed by atoms with Crippen LogP contribution in [0.1, 0.15) is 33.5 Å². The van der Waals surface area contributed by atoms with Crippen molar-refractivity contribution in [3.05, 3.63) is 138 Å². The third-order valence-electron chi connectivity index (χ3n) is 7.65. The molecule has 0 spiro atoms. The van der Waals surface area contributed by atoms with Crippen molar-refractivity contribution in [2.24, 2.45) is 30.7 Å². The molecule has 0 unspecified atom stereocenters. The monoisotopic (exact) mass is 921 g/mol. The van der Waals surface area contributed by atoms with Crippen LogP contribution in [-0.4, -0.2) is 58.5 Å². The first-order valence-electron chi connectivity index (χ1n) is 15.8. The summed E-state index contributed by atoms with van der Waals surface area (Å²) < 4.78 is 47.9. The second kappa shape index (κ2) is 18.3. The van der Waals surface area contributed by atoms with Gasteiger partial charge >= 0.3 is 13.4 Å². The first-order chi connectivity index (χ1) is 27.1. The van der Waals surface area contributed by atoms with Crippen LogP contribution in [0.2, 0.25) is 10.0 Å². The molecule has 0 radical (unpaired) electrons. The Hall–Kier alpha value is -6.03. The van der Waals surface area contributed by atoms with Crippen LogP contribution in [0.4, 0.5) is 22.7 Å². The third kappa shape index (κ3) is 10.7. The Labute approximate surface area is 355 Å². The van der Waals surface area contributed by atoms with Crippen molar-refractivity contribution in [3.8, 4) is 11.4 Å². The normalized spacial score (nSPS) is 11.6. The van der Waals surface area contributed by atoms with Gasteiger partial charge in [-0.2, -0.15) is 10.2 Å². The van der Waals surface area contributed by atoms with Gasteiger partial charge in [0.2, 0.25) is 20.0 Å². The first kappa shape index (κ1) is 45.7. The van der Waals surface area contributed by atoms with E-state index in [2.05, 4.69) is 30.7 Å². The average molecular weight is 923 g/mol. The Balaban J connectivity index is 0.000000310. The third-order valence-corrected chi connectivity index (χ3v) is 9.94. The van der Waals surface area contributed by atoms with E-state index in [1.54, 1.807) is 62.4 Å². The van der Waals surface area contributed by atoms with Crippen LogP contribution < -0.4 is 21.4 Å². The van der Waals surface area contributed by atoms with Gasteiger partial charge < -0.3 is 30.0 Å². The fourth-order valence-corrected chi connectivity index (χ4v) is 6.35. The Morgan fingerprint density at radius 2 is 1.02 bits per heavy atom. The van der Waals surface area contributed by atoms with Crippen molar-refractivity contribution in [3.63, 3.8) is 0 Å². The van der Waals surface area contributed by atoms with Crippen LogP contribution >= 0.6 is 23.2 Å². The zero-order valence-electron chi connectivity index (χ0n) is 31.0. The van der Waals surface area contributed by atoms with Gasteiger partial charge in [0.15, 0.2) is 0 Å². The molecule has 2 aromatic heterocycles. The summed E-state index contributed by atoms with van der Waals surface area (Å²) in [5, 5.41) is 53.0. The Bertz CT molecular complexity index is 2840. The molecule has 20 nitrogen and oxygen atoms in total. The largest absolute Gasteiger partial charge is 1.00 e. The molecule has 6 N–H and O–H groups in total. The van der Waals surface area contributed by atoms with Crippen LogP contribution in [0.25, 0.3) is 11.4 Å². The van der Waals surface area contributed by atoms with E-state index in [1.807, 2.05) is 0 Å². The summed E-state index contributed by atoms with van der Waals surface area (Å²) in [6, 6.07) is 19.1. The van der Waals surface area contributed by atoms with Gasteiger partial charge in [-0.1, -0.05) is 60.6 Å². The molecule has 0 aliphatic carbocycles. The van der Waals surface area contributed by atoms with Gasteiger partial charge in [0, 0.05) is 27.4 Å². The van der Waals surface area contributed by atoms with E-state index in [0.29, 0.717) is 21.4 Å². The molecular formula is C34H27Cl2CrN10O10S2-. The van der Waals surface area contributed by atoms with Gasteiger partial charge in [-0.25, -0.2) is 56.3 Å². The van der Waals surface area contributed by atoms with Crippen LogP contribution in [0.5, 0.6) is 0 Å². The number of halogens is 2. The summed E-state index contributed by atoms with van der Waals surface area (Å²) in [7, 11) is -8.19. The standard InChI is InChI=1S/2C17H13ClN5O5S.Cr/c2*1-9-15(16(24)23(22-9)11-4-2-3-10(18)7-11)21-20-14-6-5-12(29(19,27)28)8-13(14)17(25)26;/h2*2-8H,1H3,(H,25,26)(H2,19,27,28);/q2*-1;/p+1. The number of aryl methyl sites for hydroxylation is 2. The molecule has 6 rings (SSSR count). The summed E-state index contributed by atoms with van der Waals surface area (Å²) in [6.07, 6.45) is 0. The first-order valence-corrected chi connectivity index (χ1v) is 19.7. The van der Waals surface area contributed by atoms with Crippen LogP contribution in [0.15, 0.2) is 125 Å². The summed E-state index contributed by atoms with van der Waals surface area (Å²) in [5.74, 6) is -2.86. The summed E-state index contributed by atoms with van der Waals surface area (Å²) in [5.41, 5.74) is -1.16. The zero-order valence-corrected chi connectivity index (χ0v) is 34.4. The summed E-state index contributed by atoms with van der Waals surface area (Å²) in [6.45, 7) is 3.08. The van der Waals surface area contributed by atoms with Crippen molar-refractivity contribution in [1.82, 2.24) is 19.6 Å². The fourth-order valence-electron chi connectivity index (χ4n) is 4.90. The number of hydrogen-bond donors (Lipinski definition) is 4. The molecule has 2 heterocycles. The van der Waals surface area contributed by atoms with E-state index < -0.39 is 54.2 Å². The number of primary sulfonamides is 2. The summed E-state index contributed by atoms with van der Waals surface area (Å²) in [4.78, 5) is 47.3. The van der Waals surface area contributed by atoms with E-state index in [9.17, 15) is 46.2 Å². The molecule has 0 saturated heterocycles. The Morgan fingerprint density at radius 1 is 0.661 bits per heavy atom. The van der Waals surface area contributed by atoms with Gasteiger partial charge in [-0.05, 0) is 72.8 Å². The Kier molecular flexibility index (Phi) is 14.1. The second-order valence-corrected chi connectivity index (χ2v) is 15.7. The van der Waals surface area contributed by atoms with Crippen molar-refractivity contribution in [1.29, 1.82) is 0 Å². The minimum absolute atomic E-state index is 0. The second-order valence-electron chi connectivity index (χ2n) is 11.7. The number of aromatic carboxylic acids is 2. The van der Waals surface area contributed by atoms with E-state index in [-0.39, 0.29) is 62.7 Å². The SMILES string of the molecule is Cc1nn(-c2cccc(Cl)c2)c(=O)[c-]1N=Nc1ccc(S(N)(=O)=O)cc1C(=O)O.Cc1nn(-c2cccc(Cl)c2)c(=O)[c-]1N=Nc1ccc(S(N)(=O)=O)cc1C(=O)O.[Cr].[H+]. The maximum Gasteiger partial charge on any atom is 1.00 e. The van der Waals surface area contributed by atoms with Crippen molar-refractivity contribution < 1.29 is 55.4 Å². The number of carboxylic acid groups (broad SMARTS) is 2. The Morgan fingerprint density at radius 3 is 1.32 bits per heavy atom. The zero-order chi connectivity index (χ0) is 42.7. The molecule has 59 heavy (non-hydrogen) atoms. The number of hydrogen-bond acceptors (Lipinski definition) is 14. The molecule has 0 fully saturated rings. The molecule has 0 aliphatic heterocycles. The van der Waals surface area contributed by atoms with E-state index in [4.69, 9.17) is 33.5 Å². The van der Waals surface area contributed by atoms with E-state index in [0.717, 1.165) is 45.8 Å². The molecule has 306 valence electrons. The maximum absolute atomic E-state index is 12.6. The number of carbonyl (C=O) groups is 2. The van der Waals surface area contributed by atoms with Crippen molar-refractivity contribution in [2.75, 3.05) is 0 Å². The fraction of sp³-hybridized carbons (Fsp3) is 0.0588. The summed E-state index contributed by atoms with van der Waals surface area (Å²) >= 11 is 11.9. The number of azo groups is 2.